The molecule has 3 unspecified atom stereocenters. The van der Waals surface area contributed by atoms with Crippen LogP contribution in [0.2, 0.25) is 0 Å². The number of carboxylic acid groups (broad SMARTS) is 1. The van der Waals surface area contributed by atoms with Gasteiger partial charge in [0.1, 0.15) is 73.2 Å². The lowest BCUT2D eigenvalue weighted by Gasteiger charge is -2.73. The van der Waals surface area contributed by atoms with Crippen LogP contribution in [0.1, 0.15) is 101 Å². The third kappa shape index (κ3) is 9.78. The molecule has 15 N–H and O–H groups in total. The zero-order valence-electron chi connectivity index (χ0n) is 47.2. The zero-order chi connectivity index (χ0) is 59.8. The molecule has 81 heavy (non-hydrogen) atoms. The largest absolute Gasteiger partial charge is 0.479 e. The first-order valence-electron chi connectivity index (χ1n) is 28.4. The molecule has 0 spiro atoms. The summed E-state index contributed by atoms with van der Waals surface area (Å²) in [5, 5.41) is 168. The molecule has 464 valence electrons. The predicted molar refractivity (Wildman–Crippen MR) is 271 cm³/mol. The average Bonchev–Trinajstić information content (AvgIpc) is 1.08. The van der Waals surface area contributed by atoms with Gasteiger partial charge in [0.05, 0.1) is 61.9 Å². The summed E-state index contributed by atoms with van der Waals surface area (Å²) in [5.41, 5.74) is -5.16. The first-order chi connectivity index (χ1) is 37.7. The lowest BCUT2D eigenvalue weighted by Crippen LogP contribution is -2.76. The second-order valence-electron chi connectivity index (χ2n) is 26.7. The molecule has 0 aromatic heterocycles. The normalized spacial score (nSPS) is 54.0. The van der Waals surface area contributed by atoms with E-state index in [-0.39, 0.29) is 18.3 Å². The van der Waals surface area contributed by atoms with Crippen LogP contribution in [-0.4, -0.2) is 256 Å². The molecule has 0 radical (unpaired) electrons. The van der Waals surface area contributed by atoms with Crippen molar-refractivity contribution in [3.05, 3.63) is 11.6 Å². The Balaban J connectivity index is 1.00. The summed E-state index contributed by atoms with van der Waals surface area (Å²) in [6.07, 6.45) is -34.8. The fourth-order valence-electron chi connectivity index (χ4n) is 17.1. The molecule has 31 atom stereocenters. The lowest BCUT2D eigenvalue weighted by atomic mass is 9.32. The molecule has 26 heteroatoms. The minimum Gasteiger partial charge on any atom is -0.479 e. The summed E-state index contributed by atoms with van der Waals surface area (Å²) in [4.78, 5) is 24.7. The van der Waals surface area contributed by atoms with Gasteiger partial charge in [0, 0.05) is 12.3 Å². The van der Waals surface area contributed by atoms with Crippen LogP contribution in [0.4, 0.5) is 0 Å². The van der Waals surface area contributed by atoms with Gasteiger partial charge < -0.3 is 119 Å². The number of carboxylic acids is 1. The molecule has 8 fully saturated rings. The molecule has 4 saturated carbocycles. The van der Waals surface area contributed by atoms with Crippen LogP contribution in [0.5, 0.6) is 0 Å². The van der Waals surface area contributed by atoms with E-state index in [9.17, 15) is 86.2 Å². The van der Waals surface area contributed by atoms with Crippen molar-refractivity contribution in [2.45, 2.75) is 248 Å². The van der Waals surface area contributed by atoms with E-state index in [4.69, 9.17) is 42.6 Å². The van der Waals surface area contributed by atoms with Gasteiger partial charge in [-0.25, -0.2) is 4.79 Å². The molecule has 0 aromatic carbocycles. The monoisotopic (exact) mass is 1160 g/mol. The van der Waals surface area contributed by atoms with Crippen LogP contribution in [-0.2, 0) is 52.2 Å². The molecular formula is C55H88O26. The van der Waals surface area contributed by atoms with Crippen molar-refractivity contribution in [1.82, 2.24) is 0 Å². The standard InChI is InChI=1S/C55H88O26/c1-20-37(74-21(2)59)32(63)35(66)46(73-20)81-44-43(70)55(19-58)23(16-50(44,3)4)22-10-11-27-52(7)14-13-28(51(5,6)26(52)12-15-53(27,8)54(22,9)41(68)42(55)69)77-49-40(80-48-34(65)31(62)29(60)24(17-56)75-48)38(36(67)39(79-49)45(71)72)78-47-33(64)30(61)25(18-57)76-47/h10,20,23-44,46-49,56-58,60-70H,11-19H2,1-9H3,(H,71,72)/t20-,23?,24+,25+,26?,27?,28-,29-,30+,31-,32-,33-,34+,35+,36-,37-,38-,39-,40+,41+,42-,43+,44-,46-,47+,48-,49-,52-,53+,54-,55-/m0/s1. The number of aliphatic hydroxyl groups excluding tert-OH is 14. The summed E-state index contributed by atoms with van der Waals surface area (Å²) >= 11 is 0. The number of aliphatic carboxylic acids is 1. The smallest absolute Gasteiger partial charge is 0.335 e. The first kappa shape index (κ1) is 63.3. The lowest BCUT2D eigenvalue weighted by molar-refractivity contribution is -0.386. The SMILES string of the molecule is CC(=O)O[C@@H]1[C@@H](O)[C@@H](O)[C@H](O[C@H]2[C@@H](O)[C@@]3(CO)C(CC2(C)C)C2=CCC4[C@@]5(C)CC[C@H](O[C@H]6O[C@H](C(=O)O)[C@@H](O)[C@H](O[C@H]7O[C@H](CO)[C@@H](O)[C@@H]7O)[C@H]6O[C@@H]6O[C@H](CO)[C@H](O)[C@H](O)[C@H]6O)C(C)(C)C5CC[C@@]4(C)[C@]2(C)[C@H](O)[C@@H]3O)O[C@H]1C. The molecule has 4 saturated heterocycles. The van der Waals surface area contributed by atoms with E-state index in [0.717, 1.165) is 12.5 Å². The van der Waals surface area contributed by atoms with Crippen molar-refractivity contribution in [3.8, 4) is 0 Å². The number of allylic oxidation sites excluding steroid dienone is 1. The molecule has 9 rings (SSSR count). The van der Waals surface area contributed by atoms with Gasteiger partial charge in [0.15, 0.2) is 37.4 Å². The third-order valence-electron chi connectivity index (χ3n) is 21.8. The highest BCUT2D eigenvalue weighted by molar-refractivity contribution is 5.73. The summed E-state index contributed by atoms with van der Waals surface area (Å²) in [5.74, 6) is -3.40. The second-order valence-corrected chi connectivity index (χ2v) is 26.7. The zero-order valence-corrected chi connectivity index (χ0v) is 47.2. The summed E-state index contributed by atoms with van der Waals surface area (Å²) in [6, 6.07) is 0. The van der Waals surface area contributed by atoms with E-state index in [2.05, 4.69) is 19.9 Å². The van der Waals surface area contributed by atoms with Gasteiger partial charge in [0.25, 0.3) is 0 Å². The highest BCUT2D eigenvalue weighted by Gasteiger charge is 2.76. The van der Waals surface area contributed by atoms with E-state index in [1.165, 1.54) is 6.92 Å². The first-order valence-corrected chi connectivity index (χ1v) is 28.4. The minimum atomic E-state index is -2.13. The number of rotatable bonds is 13. The van der Waals surface area contributed by atoms with Gasteiger partial charge in [-0.2, -0.15) is 0 Å². The van der Waals surface area contributed by atoms with E-state index in [1.54, 1.807) is 0 Å². The number of esters is 1. The maximum atomic E-state index is 12.9. The van der Waals surface area contributed by atoms with Crippen LogP contribution in [0.25, 0.3) is 0 Å². The Kier molecular flexibility index (Phi) is 17.6. The van der Waals surface area contributed by atoms with Crippen molar-refractivity contribution in [2.75, 3.05) is 19.8 Å². The van der Waals surface area contributed by atoms with E-state index in [0.29, 0.717) is 32.1 Å². The molecular weight excluding hydrogens is 1080 g/mol. The molecule has 0 amide bonds. The van der Waals surface area contributed by atoms with Crippen LogP contribution in [0, 0.1) is 50.2 Å². The number of ether oxygens (including phenoxy) is 9. The van der Waals surface area contributed by atoms with Gasteiger partial charge in [-0.3, -0.25) is 4.79 Å². The number of hydrogen-bond donors (Lipinski definition) is 15. The Morgan fingerprint density at radius 2 is 1.17 bits per heavy atom. The Morgan fingerprint density at radius 1 is 0.605 bits per heavy atom. The molecule has 5 aliphatic carbocycles. The number of carbonyl (C=O) groups is 2. The van der Waals surface area contributed by atoms with Gasteiger partial charge in [0.2, 0.25) is 0 Å². The number of carbonyl (C=O) groups excluding carboxylic acids is 1. The van der Waals surface area contributed by atoms with E-state index >= 15 is 0 Å². The number of hydrogen-bond acceptors (Lipinski definition) is 25. The quantitative estimate of drug-likeness (QED) is 0.0487. The summed E-state index contributed by atoms with van der Waals surface area (Å²) in [6.45, 7) is 14.3. The molecule has 4 heterocycles. The fourth-order valence-corrected chi connectivity index (χ4v) is 17.1. The topological polar surface area (TPSA) is 421 Å². The van der Waals surface area contributed by atoms with Crippen LogP contribution >= 0.6 is 0 Å². The van der Waals surface area contributed by atoms with Gasteiger partial charge in [-0.15, -0.1) is 0 Å². The molecule has 4 aliphatic heterocycles. The molecule has 0 aromatic rings. The Labute approximate surface area is 469 Å². The van der Waals surface area contributed by atoms with Crippen LogP contribution in [0.3, 0.4) is 0 Å². The summed E-state index contributed by atoms with van der Waals surface area (Å²) < 4.78 is 53.9. The van der Waals surface area contributed by atoms with Crippen molar-refractivity contribution < 1.29 is 129 Å². The minimum absolute atomic E-state index is 0.165. The molecule has 26 nitrogen and oxygen atoms in total. The average molecular weight is 1170 g/mol. The van der Waals surface area contributed by atoms with E-state index < -0.39 is 217 Å². The maximum Gasteiger partial charge on any atom is 0.335 e. The Hall–Kier alpha value is -2.20. The van der Waals surface area contributed by atoms with Gasteiger partial charge in [-0.05, 0) is 84.9 Å². The molecule has 0 bridgehead atoms. The highest BCUT2D eigenvalue weighted by atomic mass is 16.8. The van der Waals surface area contributed by atoms with Crippen LogP contribution < -0.4 is 0 Å². The fraction of sp³-hybridized carbons (Fsp3) is 0.927. The van der Waals surface area contributed by atoms with Crippen molar-refractivity contribution in [3.63, 3.8) is 0 Å². The second kappa shape index (κ2) is 22.5. The van der Waals surface area contributed by atoms with Crippen LogP contribution in [0.15, 0.2) is 11.6 Å². The number of aliphatic hydroxyl groups is 14. The highest BCUT2D eigenvalue weighted by Crippen LogP contribution is 2.76. The van der Waals surface area contributed by atoms with Crippen molar-refractivity contribution in [1.29, 1.82) is 0 Å². The summed E-state index contributed by atoms with van der Waals surface area (Å²) in [7, 11) is 0. The maximum absolute atomic E-state index is 12.9. The van der Waals surface area contributed by atoms with Crippen molar-refractivity contribution >= 4 is 11.9 Å². The Morgan fingerprint density at radius 3 is 1.75 bits per heavy atom. The molecule has 9 aliphatic rings. The predicted octanol–water partition coefficient (Wildman–Crippen LogP) is -3.35. The number of fused-ring (bicyclic) bond motifs is 7. The van der Waals surface area contributed by atoms with E-state index in [1.807, 2.05) is 34.6 Å². The third-order valence-corrected chi connectivity index (χ3v) is 21.8. The van der Waals surface area contributed by atoms with Gasteiger partial charge in [-0.1, -0.05) is 60.1 Å². The Bertz CT molecular complexity index is 2300. The van der Waals surface area contributed by atoms with Crippen molar-refractivity contribution in [2.24, 2.45) is 50.2 Å². The van der Waals surface area contributed by atoms with Gasteiger partial charge >= 0.3 is 11.9 Å².